The number of hydrogen-bond donors (Lipinski definition) is 2. The summed E-state index contributed by atoms with van der Waals surface area (Å²) < 4.78 is 16.3. The van der Waals surface area contributed by atoms with E-state index in [1.54, 1.807) is 12.3 Å². The highest BCUT2D eigenvalue weighted by Gasteiger charge is 2.23. The zero-order valence-electron chi connectivity index (χ0n) is 18.2. The number of pyridine rings is 1. The minimum absolute atomic E-state index is 0.0773. The molecule has 0 amide bonds. The van der Waals surface area contributed by atoms with Gasteiger partial charge in [-0.1, -0.05) is 35.5 Å². The van der Waals surface area contributed by atoms with Crippen LogP contribution in [0.25, 0.3) is 11.4 Å². The molecule has 1 unspecified atom stereocenters. The molecule has 0 saturated carbocycles. The van der Waals surface area contributed by atoms with Crippen LogP contribution in [0.4, 0.5) is 5.82 Å². The van der Waals surface area contributed by atoms with Crippen molar-refractivity contribution in [1.29, 1.82) is 0 Å². The Balaban J connectivity index is 1.31. The van der Waals surface area contributed by atoms with E-state index in [1.807, 2.05) is 54.6 Å². The SMILES string of the molecule is O=C(O)CC(Cc1nc(-c2cccc(CNc3ccccn3)c2)no1)c1ccc2c(c1)OCO2. The summed E-state index contributed by atoms with van der Waals surface area (Å²) in [7, 11) is 0. The Kier molecular flexibility index (Phi) is 6.07. The first kappa shape index (κ1) is 21.4. The van der Waals surface area contributed by atoms with Crippen molar-refractivity contribution in [2.75, 3.05) is 12.1 Å². The summed E-state index contributed by atoms with van der Waals surface area (Å²) in [5.74, 6) is 1.61. The molecule has 1 aliphatic heterocycles. The highest BCUT2D eigenvalue weighted by Crippen LogP contribution is 2.36. The first-order chi connectivity index (χ1) is 16.6. The number of aliphatic carboxylic acids is 1. The molecule has 4 aromatic rings. The Labute approximate surface area is 195 Å². The summed E-state index contributed by atoms with van der Waals surface area (Å²) in [6.07, 6.45) is 1.95. The lowest BCUT2D eigenvalue weighted by atomic mass is 9.92. The van der Waals surface area contributed by atoms with Gasteiger partial charge in [-0.05, 0) is 41.5 Å². The van der Waals surface area contributed by atoms with Crippen LogP contribution in [0.2, 0.25) is 0 Å². The molecule has 2 aromatic carbocycles. The molecule has 0 spiro atoms. The van der Waals surface area contributed by atoms with Gasteiger partial charge in [0.1, 0.15) is 5.82 Å². The molecule has 0 fully saturated rings. The van der Waals surface area contributed by atoms with E-state index in [1.165, 1.54) is 0 Å². The van der Waals surface area contributed by atoms with E-state index in [0.717, 1.165) is 22.5 Å². The molecule has 2 N–H and O–H groups in total. The van der Waals surface area contributed by atoms with Crippen molar-refractivity contribution >= 4 is 11.8 Å². The van der Waals surface area contributed by atoms with Crippen molar-refractivity contribution in [3.8, 4) is 22.9 Å². The maximum absolute atomic E-state index is 11.5. The molecule has 0 aliphatic carbocycles. The largest absolute Gasteiger partial charge is 0.481 e. The highest BCUT2D eigenvalue weighted by molar-refractivity contribution is 5.68. The van der Waals surface area contributed by atoms with E-state index >= 15 is 0 Å². The molecule has 5 rings (SSSR count). The van der Waals surface area contributed by atoms with Gasteiger partial charge in [-0.15, -0.1) is 0 Å². The molecule has 0 bridgehead atoms. The van der Waals surface area contributed by atoms with E-state index in [9.17, 15) is 9.90 Å². The number of rotatable bonds is 9. The summed E-state index contributed by atoms with van der Waals surface area (Å²) in [6, 6.07) is 19.0. The van der Waals surface area contributed by atoms with E-state index in [0.29, 0.717) is 36.2 Å². The lowest BCUT2D eigenvalue weighted by Gasteiger charge is -2.13. The summed E-state index contributed by atoms with van der Waals surface area (Å²) in [5, 5.41) is 16.8. The quantitative estimate of drug-likeness (QED) is 0.379. The Bertz CT molecular complexity index is 1290. The molecule has 0 saturated heterocycles. The molecular formula is C25H22N4O5. The van der Waals surface area contributed by atoms with Gasteiger partial charge in [0.15, 0.2) is 11.5 Å². The smallest absolute Gasteiger partial charge is 0.303 e. The maximum Gasteiger partial charge on any atom is 0.303 e. The highest BCUT2D eigenvalue weighted by atomic mass is 16.7. The van der Waals surface area contributed by atoms with Crippen LogP contribution in [-0.4, -0.2) is 33.0 Å². The van der Waals surface area contributed by atoms with Gasteiger partial charge >= 0.3 is 5.97 Å². The number of hydrogen-bond acceptors (Lipinski definition) is 8. The predicted molar refractivity (Wildman–Crippen MR) is 123 cm³/mol. The summed E-state index contributed by atoms with van der Waals surface area (Å²) in [4.78, 5) is 20.3. The standard InChI is InChI=1S/C25H22N4O5/c30-24(31)13-19(17-7-8-20-21(11-17)33-15-32-20)12-23-28-25(29-34-23)18-5-3-4-16(10-18)14-27-22-6-1-2-9-26-22/h1-11,19H,12-15H2,(H,26,27)(H,30,31). The summed E-state index contributed by atoms with van der Waals surface area (Å²) in [6.45, 7) is 0.756. The third-order valence-electron chi connectivity index (χ3n) is 5.50. The molecule has 2 aromatic heterocycles. The van der Waals surface area contributed by atoms with E-state index < -0.39 is 5.97 Å². The summed E-state index contributed by atoms with van der Waals surface area (Å²) in [5.41, 5.74) is 2.67. The second-order valence-electron chi connectivity index (χ2n) is 7.89. The Morgan fingerprint density at radius 3 is 2.82 bits per heavy atom. The van der Waals surface area contributed by atoms with Crippen molar-refractivity contribution in [1.82, 2.24) is 15.1 Å². The number of nitrogens with one attached hydrogen (secondary N) is 1. The van der Waals surface area contributed by atoms with Crippen LogP contribution in [0.15, 0.2) is 71.4 Å². The fourth-order valence-corrected chi connectivity index (χ4v) is 3.83. The summed E-state index contributed by atoms with van der Waals surface area (Å²) >= 11 is 0. The van der Waals surface area contributed by atoms with E-state index in [-0.39, 0.29) is 19.1 Å². The zero-order chi connectivity index (χ0) is 23.3. The van der Waals surface area contributed by atoms with Crippen molar-refractivity contribution < 1.29 is 23.9 Å². The number of anilines is 1. The first-order valence-corrected chi connectivity index (χ1v) is 10.8. The fraction of sp³-hybridized carbons (Fsp3) is 0.200. The van der Waals surface area contributed by atoms with E-state index in [2.05, 4.69) is 20.4 Å². The van der Waals surface area contributed by atoms with Crippen LogP contribution in [0.3, 0.4) is 0 Å². The molecular weight excluding hydrogens is 436 g/mol. The maximum atomic E-state index is 11.5. The molecule has 9 nitrogen and oxygen atoms in total. The van der Waals surface area contributed by atoms with Crippen molar-refractivity contribution in [2.24, 2.45) is 0 Å². The predicted octanol–water partition coefficient (Wildman–Crippen LogP) is 4.27. The third-order valence-corrected chi connectivity index (χ3v) is 5.50. The second-order valence-corrected chi connectivity index (χ2v) is 7.89. The van der Waals surface area contributed by atoms with E-state index in [4.69, 9.17) is 14.0 Å². The van der Waals surface area contributed by atoms with Crippen molar-refractivity contribution in [3.63, 3.8) is 0 Å². The lowest BCUT2D eigenvalue weighted by molar-refractivity contribution is -0.137. The third kappa shape index (κ3) is 4.98. The monoisotopic (exact) mass is 458 g/mol. The van der Waals surface area contributed by atoms with Gasteiger partial charge in [0.05, 0.1) is 6.42 Å². The van der Waals surface area contributed by atoms with Crippen LogP contribution in [0.1, 0.15) is 29.4 Å². The Morgan fingerprint density at radius 2 is 1.97 bits per heavy atom. The minimum Gasteiger partial charge on any atom is -0.481 e. The van der Waals surface area contributed by atoms with Crippen molar-refractivity contribution in [2.45, 2.75) is 25.3 Å². The van der Waals surface area contributed by atoms with Gasteiger partial charge in [-0.25, -0.2) is 4.98 Å². The Hall–Kier alpha value is -4.40. The van der Waals surface area contributed by atoms with Gasteiger partial charge in [-0.3, -0.25) is 4.79 Å². The van der Waals surface area contributed by atoms with Gasteiger partial charge in [0.2, 0.25) is 18.5 Å². The number of carboxylic acids is 1. The lowest BCUT2D eigenvalue weighted by Crippen LogP contribution is -2.09. The number of ether oxygens (including phenoxy) is 2. The Morgan fingerprint density at radius 1 is 1.06 bits per heavy atom. The topological polar surface area (TPSA) is 120 Å². The molecule has 1 aliphatic rings. The average molecular weight is 458 g/mol. The first-order valence-electron chi connectivity index (χ1n) is 10.8. The number of aromatic nitrogens is 3. The number of carbonyl (C=O) groups is 1. The molecule has 0 radical (unpaired) electrons. The molecule has 9 heteroatoms. The normalized spacial score (nSPS) is 12.9. The number of benzene rings is 2. The van der Waals surface area contributed by atoms with Gasteiger partial charge in [0, 0.05) is 30.6 Å². The fourth-order valence-electron chi connectivity index (χ4n) is 3.83. The van der Waals surface area contributed by atoms with Gasteiger partial charge in [0.25, 0.3) is 0 Å². The van der Waals surface area contributed by atoms with Crippen LogP contribution in [0.5, 0.6) is 11.5 Å². The van der Waals surface area contributed by atoms with Gasteiger partial charge < -0.3 is 24.4 Å². The second kappa shape index (κ2) is 9.62. The molecule has 172 valence electrons. The average Bonchev–Trinajstić information content (AvgIpc) is 3.52. The molecule has 34 heavy (non-hydrogen) atoms. The van der Waals surface area contributed by atoms with Crippen LogP contribution in [0, 0.1) is 0 Å². The number of fused-ring (bicyclic) bond motifs is 1. The molecule has 3 heterocycles. The molecule has 1 atom stereocenters. The zero-order valence-corrected chi connectivity index (χ0v) is 18.2. The van der Waals surface area contributed by atoms with Crippen LogP contribution >= 0.6 is 0 Å². The number of carboxylic acid groups (broad SMARTS) is 1. The van der Waals surface area contributed by atoms with Crippen LogP contribution in [-0.2, 0) is 17.8 Å². The van der Waals surface area contributed by atoms with Gasteiger partial charge in [-0.2, -0.15) is 4.98 Å². The van der Waals surface area contributed by atoms with Crippen LogP contribution < -0.4 is 14.8 Å². The number of nitrogens with zero attached hydrogens (tertiary/aromatic N) is 3. The minimum atomic E-state index is -0.907. The van der Waals surface area contributed by atoms with Crippen molar-refractivity contribution in [3.05, 3.63) is 83.9 Å².